The largest absolute Gasteiger partial charge is 0.416 e. The Morgan fingerprint density at radius 3 is 2.26 bits per heavy atom. The van der Waals surface area contributed by atoms with Gasteiger partial charge in [-0.2, -0.15) is 13.2 Å². The van der Waals surface area contributed by atoms with E-state index < -0.39 is 35.2 Å². The molecule has 4 rings (SSSR count). The molecule has 3 aromatic carbocycles. The number of nitrogens with two attached hydrogens (primary N) is 2. The van der Waals surface area contributed by atoms with Crippen LogP contribution in [0.3, 0.4) is 0 Å². The van der Waals surface area contributed by atoms with E-state index in [1.54, 1.807) is 30.3 Å². The van der Waals surface area contributed by atoms with E-state index in [0.717, 1.165) is 0 Å². The number of aromatic amines is 1. The Hall–Kier alpha value is -4.54. The molecule has 0 aliphatic carbocycles. The second kappa shape index (κ2) is 8.43. The van der Waals surface area contributed by atoms with Gasteiger partial charge in [-0.3, -0.25) is 4.79 Å². The molecule has 34 heavy (non-hydrogen) atoms. The second-order valence-corrected chi connectivity index (χ2v) is 7.39. The summed E-state index contributed by atoms with van der Waals surface area (Å²) in [5, 5.41) is 5.15. The maximum Gasteiger partial charge on any atom is 0.416 e. The zero-order chi connectivity index (χ0) is 24.6. The highest BCUT2D eigenvalue weighted by Gasteiger charge is 2.31. The Kier molecular flexibility index (Phi) is 5.61. The normalized spacial score (nSPS) is 11.4. The number of H-pyrrole nitrogens is 1. The summed E-state index contributed by atoms with van der Waals surface area (Å²) < 4.78 is 52.4. The summed E-state index contributed by atoms with van der Waals surface area (Å²) in [7, 11) is 0. The minimum atomic E-state index is -4.69. The van der Waals surface area contributed by atoms with Crippen molar-refractivity contribution in [2.24, 2.45) is 5.73 Å². The summed E-state index contributed by atoms with van der Waals surface area (Å²) in [4.78, 5) is 27.1. The van der Waals surface area contributed by atoms with Gasteiger partial charge >= 0.3 is 12.2 Å². The molecule has 7 N–H and O–H groups in total. The van der Waals surface area contributed by atoms with E-state index in [2.05, 4.69) is 15.6 Å². The lowest BCUT2D eigenvalue weighted by atomic mass is 10.0. The lowest BCUT2D eigenvalue weighted by Crippen LogP contribution is -2.20. The van der Waals surface area contributed by atoms with Crippen molar-refractivity contribution < 1.29 is 27.2 Å². The summed E-state index contributed by atoms with van der Waals surface area (Å²) in [5.41, 5.74) is 12.4. The van der Waals surface area contributed by atoms with Crippen LogP contribution >= 0.6 is 0 Å². The van der Waals surface area contributed by atoms with Crippen LogP contribution in [0.5, 0.6) is 0 Å². The van der Waals surface area contributed by atoms with Crippen molar-refractivity contribution in [2.45, 2.75) is 6.18 Å². The number of nitrogens with one attached hydrogen (secondary N) is 3. The van der Waals surface area contributed by atoms with Crippen molar-refractivity contribution in [3.05, 3.63) is 77.7 Å². The van der Waals surface area contributed by atoms with Crippen molar-refractivity contribution in [2.75, 3.05) is 16.4 Å². The van der Waals surface area contributed by atoms with Gasteiger partial charge in [0.15, 0.2) is 0 Å². The molecular weight excluding hydrogens is 454 g/mol. The maximum atomic E-state index is 13.9. The molecule has 0 radical (unpaired) electrons. The van der Waals surface area contributed by atoms with Crippen LogP contribution in [0.2, 0.25) is 0 Å². The van der Waals surface area contributed by atoms with Gasteiger partial charge < -0.3 is 27.1 Å². The number of primary amides is 1. The molecule has 0 aliphatic rings. The molecule has 4 aromatic rings. The number of aromatic nitrogens is 1. The fourth-order valence-electron chi connectivity index (χ4n) is 3.50. The Labute approximate surface area is 189 Å². The zero-order valence-electron chi connectivity index (χ0n) is 17.3. The molecule has 0 saturated carbocycles. The van der Waals surface area contributed by atoms with E-state index in [1.807, 2.05) is 0 Å². The fourth-order valence-corrected chi connectivity index (χ4v) is 3.50. The fraction of sp³-hybridized carbons (Fsp3) is 0.0435. The zero-order valence-corrected chi connectivity index (χ0v) is 17.3. The maximum absolute atomic E-state index is 13.9. The third kappa shape index (κ3) is 4.49. The number of nitrogen functional groups attached to an aromatic ring is 1. The molecule has 1 heterocycles. The number of benzene rings is 3. The van der Waals surface area contributed by atoms with Gasteiger partial charge in [0, 0.05) is 27.8 Å². The van der Waals surface area contributed by atoms with E-state index in [4.69, 9.17) is 11.5 Å². The lowest BCUT2D eigenvalue weighted by molar-refractivity contribution is -0.137. The standard InChI is InChI=1S/C23H17F4N5O2/c24-16-7-3-12(23(25,26)27)9-18(16)32-22(34)30-14-5-1-11(2-6-14)19-15-10-13(28)4-8-17(15)31-20(19)21(29)33/h1-10,31H,28H2,(H2,29,33)(H2,30,32,34). The van der Waals surface area contributed by atoms with E-state index in [9.17, 15) is 27.2 Å². The van der Waals surface area contributed by atoms with Gasteiger partial charge in [-0.05, 0) is 54.1 Å². The summed E-state index contributed by atoms with van der Waals surface area (Å²) in [6.07, 6.45) is -4.69. The molecule has 3 amide bonds. The molecule has 1 aromatic heterocycles. The number of rotatable bonds is 4. The van der Waals surface area contributed by atoms with Gasteiger partial charge in [0.05, 0.1) is 11.3 Å². The monoisotopic (exact) mass is 471 g/mol. The first-order chi connectivity index (χ1) is 16.0. The Balaban J connectivity index is 1.57. The molecule has 174 valence electrons. The molecule has 7 nitrogen and oxygen atoms in total. The van der Waals surface area contributed by atoms with Crippen LogP contribution in [0, 0.1) is 5.82 Å². The number of fused-ring (bicyclic) bond motifs is 1. The predicted molar refractivity (Wildman–Crippen MR) is 121 cm³/mol. The van der Waals surface area contributed by atoms with E-state index in [1.165, 1.54) is 12.1 Å². The Bertz CT molecular complexity index is 1410. The number of alkyl halides is 3. The van der Waals surface area contributed by atoms with Gasteiger partial charge in [-0.25, -0.2) is 9.18 Å². The average molecular weight is 471 g/mol. The van der Waals surface area contributed by atoms with Crippen LogP contribution in [-0.2, 0) is 6.18 Å². The average Bonchev–Trinajstić information content (AvgIpc) is 3.14. The van der Waals surface area contributed by atoms with Gasteiger partial charge in [0.25, 0.3) is 5.91 Å². The highest BCUT2D eigenvalue weighted by molar-refractivity contribution is 6.10. The van der Waals surface area contributed by atoms with Crippen LogP contribution < -0.4 is 22.1 Å². The first-order valence-electron chi connectivity index (χ1n) is 9.79. The quantitative estimate of drug-likeness (QED) is 0.204. The van der Waals surface area contributed by atoms with E-state index >= 15 is 0 Å². The SMILES string of the molecule is NC(=O)c1[nH]c2ccc(N)cc2c1-c1ccc(NC(=O)Nc2cc(C(F)(F)F)ccc2F)cc1. The van der Waals surface area contributed by atoms with E-state index in [-0.39, 0.29) is 11.4 Å². The third-order valence-corrected chi connectivity index (χ3v) is 5.04. The summed E-state index contributed by atoms with van der Waals surface area (Å²) in [6, 6.07) is 12.1. The minimum Gasteiger partial charge on any atom is -0.399 e. The number of urea groups is 1. The van der Waals surface area contributed by atoms with Crippen LogP contribution in [-0.4, -0.2) is 16.9 Å². The van der Waals surface area contributed by atoms with Gasteiger partial charge in [-0.15, -0.1) is 0 Å². The lowest BCUT2D eigenvalue weighted by Gasteiger charge is -2.12. The van der Waals surface area contributed by atoms with E-state index in [0.29, 0.717) is 45.9 Å². The number of carbonyl (C=O) groups is 2. The first kappa shape index (κ1) is 22.6. The van der Waals surface area contributed by atoms with Crippen LogP contribution in [0.4, 0.5) is 39.4 Å². The number of halogens is 4. The highest BCUT2D eigenvalue weighted by Crippen LogP contribution is 2.34. The number of amides is 3. The van der Waals surface area contributed by atoms with Crippen molar-refractivity contribution in [3.63, 3.8) is 0 Å². The topological polar surface area (TPSA) is 126 Å². The van der Waals surface area contributed by atoms with Crippen molar-refractivity contribution >= 4 is 39.9 Å². The number of hydrogen-bond donors (Lipinski definition) is 5. The summed E-state index contributed by atoms with van der Waals surface area (Å²) in [6.45, 7) is 0. The number of anilines is 3. The van der Waals surface area contributed by atoms with Gasteiger partial charge in [0.2, 0.25) is 0 Å². The molecule has 0 saturated heterocycles. The summed E-state index contributed by atoms with van der Waals surface area (Å²) in [5.74, 6) is -1.69. The molecule has 11 heteroatoms. The first-order valence-corrected chi connectivity index (χ1v) is 9.79. The minimum absolute atomic E-state index is 0.180. The molecule has 0 bridgehead atoms. The van der Waals surface area contributed by atoms with Crippen molar-refractivity contribution in [1.82, 2.24) is 4.98 Å². The van der Waals surface area contributed by atoms with Crippen LogP contribution in [0.1, 0.15) is 16.1 Å². The Morgan fingerprint density at radius 2 is 1.62 bits per heavy atom. The third-order valence-electron chi connectivity index (χ3n) is 5.04. The summed E-state index contributed by atoms with van der Waals surface area (Å²) >= 11 is 0. The number of carbonyl (C=O) groups excluding carboxylic acids is 2. The molecule has 0 unspecified atom stereocenters. The predicted octanol–water partition coefficient (Wildman–Crippen LogP) is 5.32. The number of hydrogen-bond acceptors (Lipinski definition) is 3. The molecule has 0 spiro atoms. The molecule has 0 atom stereocenters. The second-order valence-electron chi connectivity index (χ2n) is 7.39. The van der Waals surface area contributed by atoms with Crippen molar-refractivity contribution in [1.29, 1.82) is 0 Å². The van der Waals surface area contributed by atoms with Gasteiger partial charge in [-0.1, -0.05) is 12.1 Å². The Morgan fingerprint density at radius 1 is 0.912 bits per heavy atom. The molecule has 0 fully saturated rings. The smallest absolute Gasteiger partial charge is 0.399 e. The highest BCUT2D eigenvalue weighted by atomic mass is 19.4. The molecular formula is C23H17F4N5O2. The van der Waals surface area contributed by atoms with Crippen molar-refractivity contribution in [3.8, 4) is 11.1 Å². The van der Waals surface area contributed by atoms with Crippen LogP contribution in [0.25, 0.3) is 22.0 Å². The molecule has 0 aliphatic heterocycles. The van der Waals surface area contributed by atoms with Gasteiger partial charge in [0.1, 0.15) is 11.5 Å². The van der Waals surface area contributed by atoms with Crippen LogP contribution in [0.15, 0.2) is 60.7 Å².